The maximum Gasteiger partial charge on any atom is 0.126 e. The van der Waals surface area contributed by atoms with E-state index in [1.165, 1.54) is 6.07 Å². The van der Waals surface area contributed by atoms with Crippen molar-refractivity contribution in [2.75, 3.05) is 7.05 Å². The molecule has 0 spiro atoms. The number of fused-ring (bicyclic) bond motifs is 1. The highest BCUT2D eigenvalue weighted by Gasteiger charge is 2.15. The van der Waals surface area contributed by atoms with Gasteiger partial charge in [0.1, 0.15) is 5.82 Å². The number of likely N-dealkylation sites (N-methyl/N-ethyl adjacent to an activating group) is 1. The second-order valence-corrected chi connectivity index (χ2v) is 5.08. The van der Waals surface area contributed by atoms with Crippen molar-refractivity contribution in [1.82, 2.24) is 10.3 Å². The summed E-state index contributed by atoms with van der Waals surface area (Å²) in [6.07, 6.45) is 4.27. The molecule has 106 valence electrons. The maximum atomic E-state index is 13.9. The number of rotatable bonds is 4. The molecule has 1 unspecified atom stereocenters. The number of nitrogens with one attached hydrogen (secondary N) is 1. The lowest BCUT2D eigenvalue weighted by Gasteiger charge is -2.19. The number of hydrogen-bond donors (Lipinski definition) is 1. The third-order valence-electron chi connectivity index (χ3n) is 3.82. The van der Waals surface area contributed by atoms with Gasteiger partial charge in [0.2, 0.25) is 0 Å². The van der Waals surface area contributed by atoms with Crippen LogP contribution < -0.4 is 5.32 Å². The summed E-state index contributed by atoms with van der Waals surface area (Å²) < 4.78 is 13.9. The third-order valence-corrected chi connectivity index (χ3v) is 3.82. The average Bonchev–Trinajstić information content (AvgIpc) is 2.54. The number of halogens is 1. The highest BCUT2D eigenvalue weighted by molar-refractivity contribution is 5.85. The van der Waals surface area contributed by atoms with Gasteiger partial charge in [0.05, 0.1) is 0 Å². The minimum absolute atomic E-state index is 0.0507. The van der Waals surface area contributed by atoms with E-state index in [0.717, 1.165) is 21.9 Å². The van der Waals surface area contributed by atoms with E-state index in [-0.39, 0.29) is 11.9 Å². The van der Waals surface area contributed by atoms with Crippen molar-refractivity contribution in [3.8, 4) is 0 Å². The fourth-order valence-electron chi connectivity index (χ4n) is 2.69. The van der Waals surface area contributed by atoms with E-state index in [4.69, 9.17) is 0 Å². The van der Waals surface area contributed by atoms with Crippen molar-refractivity contribution >= 4 is 10.8 Å². The van der Waals surface area contributed by atoms with Gasteiger partial charge in [0.15, 0.2) is 0 Å². The summed E-state index contributed by atoms with van der Waals surface area (Å²) in [6.45, 7) is 0. The van der Waals surface area contributed by atoms with Gasteiger partial charge >= 0.3 is 0 Å². The lowest BCUT2D eigenvalue weighted by molar-refractivity contribution is 0.556. The van der Waals surface area contributed by atoms with E-state index in [0.29, 0.717) is 6.42 Å². The van der Waals surface area contributed by atoms with E-state index < -0.39 is 0 Å². The van der Waals surface area contributed by atoms with E-state index in [2.05, 4.69) is 22.4 Å². The molecule has 0 amide bonds. The Labute approximate surface area is 123 Å². The van der Waals surface area contributed by atoms with Gasteiger partial charge in [-0.25, -0.2) is 4.39 Å². The van der Waals surface area contributed by atoms with Gasteiger partial charge in [-0.1, -0.05) is 36.4 Å². The van der Waals surface area contributed by atoms with Crippen LogP contribution in [0.5, 0.6) is 0 Å². The van der Waals surface area contributed by atoms with E-state index in [1.807, 2.05) is 37.5 Å². The number of benzene rings is 2. The largest absolute Gasteiger partial charge is 0.313 e. The van der Waals surface area contributed by atoms with Crippen molar-refractivity contribution in [3.63, 3.8) is 0 Å². The smallest absolute Gasteiger partial charge is 0.126 e. The molecule has 0 bridgehead atoms. The van der Waals surface area contributed by atoms with Crippen molar-refractivity contribution in [3.05, 3.63) is 77.9 Å². The molecular weight excluding hydrogens is 263 g/mol. The summed E-state index contributed by atoms with van der Waals surface area (Å²) in [6, 6.07) is 15.1. The molecule has 21 heavy (non-hydrogen) atoms. The topological polar surface area (TPSA) is 24.9 Å². The predicted molar refractivity (Wildman–Crippen MR) is 83.6 cm³/mol. The van der Waals surface area contributed by atoms with Crippen molar-refractivity contribution in [1.29, 1.82) is 0 Å². The fraction of sp³-hybridized carbons (Fsp3) is 0.167. The Balaban J connectivity index is 2.01. The van der Waals surface area contributed by atoms with Crippen LogP contribution in [0, 0.1) is 5.82 Å². The quantitative estimate of drug-likeness (QED) is 0.784. The molecule has 2 nitrogen and oxygen atoms in total. The Hall–Kier alpha value is -2.26. The first-order chi connectivity index (χ1) is 10.3. The van der Waals surface area contributed by atoms with E-state index in [1.54, 1.807) is 12.3 Å². The zero-order valence-corrected chi connectivity index (χ0v) is 11.9. The number of pyridine rings is 1. The highest BCUT2D eigenvalue weighted by Crippen LogP contribution is 2.26. The van der Waals surface area contributed by atoms with Crippen LogP contribution in [0.1, 0.15) is 17.2 Å². The SMILES string of the molecule is CNC(Cc1ccccc1F)c1cccc2ccncc12. The van der Waals surface area contributed by atoms with Gasteiger partial charge < -0.3 is 5.32 Å². The first-order valence-electron chi connectivity index (χ1n) is 7.03. The molecule has 1 N–H and O–H groups in total. The van der Waals surface area contributed by atoms with Crippen LogP contribution in [0.3, 0.4) is 0 Å². The normalized spacial score (nSPS) is 12.5. The minimum atomic E-state index is -0.156. The van der Waals surface area contributed by atoms with Crippen LogP contribution in [0.4, 0.5) is 4.39 Å². The summed E-state index contributed by atoms with van der Waals surface area (Å²) in [5.41, 5.74) is 1.86. The standard InChI is InChI=1S/C18H17FN2/c1-20-18(11-14-5-2-3-8-17(14)19)15-7-4-6-13-9-10-21-12-16(13)15/h2-10,12,18,20H,11H2,1H3. The van der Waals surface area contributed by atoms with Gasteiger partial charge in [-0.2, -0.15) is 0 Å². The third kappa shape index (κ3) is 2.78. The van der Waals surface area contributed by atoms with Gasteiger partial charge in [-0.15, -0.1) is 0 Å². The minimum Gasteiger partial charge on any atom is -0.313 e. The van der Waals surface area contributed by atoms with Gasteiger partial charge in [0, 0.05) is 23.8 Å². The Bertz CT molecular complexity index is 750. The Kier molecular flexibility index (Phi) is 3.93. The summed E-state index contributed by atoms with van der Waals surface area (Å²) >= 11 is 0. The van der Waals surface area contributed by atoms with Crippen LogP contribution in [0.15, 0.2) is 60.9 Å². The average molecular weight is 280 g/mol. The number of aromatic nitrogens is 1. The summed E-state index contributed by atoms with van der Waals surface area (Å²) in [5.74, 6) is -0.156. The summed E-state index contributed by atoms with van der Waals surface area (Å²) in [7, 11) is 1.90. The van der Waals surface area contributed by atoms with Crippen molar-refractivity contribution in [2.45, 2.75) is 12.5 Å². The molecule has 2 aromatic carbocycles. The summed E-state index contributed by atoms with van der Waals surface area (Å²) in [4.78, 5) is 4.21. The molecule has 0 saturated carbocycles. The molecule has 1 atom stereocenters. The monoisotopic (exact) mass is 280 g/mol. The first-order valence-corrected chi connectivity index (χ1v) is 7.03. The molecule has 3 rings (SSSR count). The second kappa shape index (κ2) is 6.02. The Morgan fingerprint density at radius 2 is 1.95 bits per heavy atom. The molecule has 0 fully saturated rings. The highest BCUT2D eigenvalue weighted by atomic mass is 19.1. The zero-order valence-electron chi connectivity index (χ0n) is 11.9. The predicted octanol–water partition coefficient (Wildman–Crippen LogP) is 3.88. The first kappa shape index (κ1) is 13.7. The molecule has 1 heterocycles. The van der Waals surface area contributed by atoms with Crippen LogP contribution in [-0.4, -0.2) is 12.0 Å². The van der Waals surface area contributed by atoms with E-state index in [9.17, 15) is 4.39 Å². The van der Waals surface area contributed by atoms with Gasteiger partial charge in [-0.05, 0) is 42.1 Å². The molecular formula is C18H17FN2. The molecule has 0 radical (unpaired) electrons. The lowest BCUT2D eigenvalue weighted by atomic mass is 9.95. The second-order valence-electron chi connectivity index (χ2n) is 5.08. The number of hydrogen-bond acceptors (Lipinski definition) is 2. The number of nitrogens with zero attached hydrogens (tertiary/aromatic N) is 1. The van der Waals surface area contributed by atoms with E-state index >= 15 is 0 Å². The maximum absolute atomic E-state index is 13.9. The summed E-state index contributed by atoms with van der Waals surface area (Å²) in [5, 5.41) is 5.55. The van der Waals surface area contributed by atoms with Crippen LogP contribution >= 0.6 is 0 Å². The molecule has 0 aliphatic carbocycles. The van der Waals surface area contributed by atoms with Crippen LogP contribution in [0.25, 0.3) is 10.8 Å². The van der Waals surface area contributed by atoms with Crippen molar-refractivity contribution in [2.24, 2.45) is 0 Å². The fourth-order valence-corrected chi connectivity index (χ4v) is 2.69. The molecule has 0 saturated heterocycles. The Morgan fingerprint density at radius 3 is 2.76 bits per heavy atom. The van der Waals surface area contributed by atoms with Crippen molar-refractivity contribution < 1.29 is 4.39 Å². The molecule has 0 aliphatic heterocycles. The van der Waals surface area contributed by atoms with Crippen LogP contribution in [0.2, 0.25) is 0 Å². The molecule has 3 heteroatoms. The van der Waals surface area contributed by atoms with Crippen LogP contribution in [-0.2, 0) is 6.42 Å². The Morgan fingerprint density at radius 1 is 1.10 bits per heavy atom. The lowest BCUT2D eigenvalue weighted by Crippen LogP contribution is -2.19. The molecule has 0 aliphatic rings. The van der Waals surface area contributed by atoms with Gasteiger partial charge in [0.25, 0.3) is 0 Å². The molecule has 1 aromatic heterocycles. The molecule has 3 aromatic rings. The zero-order chi connectivity index (χ0) is 14.7. The van der Waals surface area contributed by atoms with Gasteiger partial charge in [-0.3, -0.25) is 4.98 Å².